The van der Waals surface area contributed by atoms with Gasteiger partial charge in [-0.3, -0.25) is 0 Å². The Morgan fingerprint density at radius 2 is 1.85 bits per heavy atom. The smallest absolute Gasteiger partial charge is 0.129 e. The zero-order chi connectivity index (χ0) is 10.0. The third-order valence-electron chi connectivity index (χ3n) is 1.73. The SMILES string of the molecule is C[C@H](O)[C@@H](O)c1cc(F)ccc1F. The van der Waals surface area contributed by atoms with Crippen LogP contribution in [0.1, 0.15) is 18.6 Å². The van der Waals surface area contributed by atoms with Gasteiger partial charge in [-0.25, -0.2) is 8.78 Å². The van der Waals surface area contributed by atoms with Crippen LogP contribution < -0.4 is 0 Å². The molecular formula is C9H10F2O2. The molecule has 4 heteroatoms. The first-order chi connectivity index (χ1) is 6.02. The summed E-state index contributed by atoms with van der Waals surface area (Å²) >= 11 is 0. The number of hydrogen-bond donors (Lipinski definition) is 2. The second-order valence-electron chi connectivity index (χ2n) is 2.85. The number of aliphatic hydroxyl groups is 2. The highest BCUT2D eigenvalue weighted by Gasteiger charge is 2.18. The van der Waals surface area contributed by atoms with E-state index in [4.69, 9.17) is 5.11 Å². The van der Waals surface area contributed by atoms with E-state index in [2.05, 4.69) is 0 Å². The molecule has 0 aromatic heterocycles. The Bertz CT molecular complexity index is 300. The van der Waals surface area contributed by atoms with E-state index in [0.29, 0.717) is 0 Å². The zero-order valence-electron chi connectivity index (χ0n) is 7.04. The lowest BCUT2D eigenvalue weighted by atomic mass is 10.0. The van der Waals surface area contributed by atoms with Crippen LogP contribution in [0.4, 0.5) is 8.78 Å². The van der Waals surface area contributed by atoms with Crippen LogP contribution in [-0.4, -0.2) is 16.3 Å². The number of halogens is 2. The summed E-state index contributed by atoms with van der Waals surface area (Å²) in [6.45, 7) is 1.30. The Balaban J connectivity index is 3.05. The van der Waals surface area contributed by atoms with E-state index >= 15 is 0 Å². The minimum absolute atomic E-state index is 0.227. The Hall–Kier alpha value is -1.00. The highest BCUT2D eigenvalue weighted by Crippen LogP contribution is 2.20. The molecule has 0 fully saturated rings. The summed E-state index contributed by atoms with van der Waals surface area (Å²) in [5.74, 6) is -1.37. The second-order valence-corrected chi connectivity index (χ2v) is 2.85. The highest BCUT2D eigenvalue weighted by molar-refractivity contribution is 5.21. The van der Waals surface area contributed by atoms with Gasteiger partial charge in [-0.15, -0.1) is 0 Å². The lowest BCUT2D eigenvalue weighted by Crippen LogP contribution is -2.15. The first-order valence-electron chi connectivity index (χ1n) is 3.83. The first kappa shape index (κ1) is 10.1. The van der Waals surface area contributed by atoms with Crippen molar-refractivity contribution in [3.05, 3.63) is 35.4 Å². The monoisotopic (exact) mass is 188 g/mol. The maximum Gasteiger partial charge on any atom is 0.129 e. The van der Waals surface area contributed by atoms with Gasteiger partial charge in [-0.2, -0.15) is 0 Å². The molecule has 0 saturated carbocycles. The van der Waals surface area contributed by atoms with Gasteiger partial charge in [-0.05, 0) is 25.1 Å². The highest BCUT2D eigenvalue weighted by atomic mass is 19.1. The molecule has 13 heavy (non-hydrogen) atoms. The maximum absolute atomic E-state index is 12.9. The Morgan fingerprint density at radius 3 is 2.38 bits per heavy atom. The van der Waals surface area contributed by atoms with Crippen molar-refractivity contribution in [2.24, 2.45) is 0 Å². The maximum atomic E-state index is 12.9. The molecule has 0 aliphatic carbocycles. The minimum atomic E-state index is -1.39. The van der Waals surface area contributed by atoms with Gasteiger partial charge < -0.3 is 10.2 Å². The summed E-state index contributed by atoms with van der Waals surface area (Å²) in [7, 11) is 0. The molecule has 1 aromatic carbocycles. The van der Waals surface area contributed by atoms with Gasteiger partial charge >= 0.3 is 0 Å². The molecule has 2 nitrogen and oxygen atoms in total. The van der Waals surface area contributed by atoms with Gasteiger partial charge in [0.05, 0.1) is 6.10 Å². The predicted molar refractivity (Wildman–Crippen MR) is 43.0 cm³/mol. The van der Waals surface area contributed by atoms with E-state index in [1.165, 1.54) is 6.92 Å². The molecule has 0 unspecified atom stereocenters. The molecule has 2 N–H and O–H groups in total. The van der Waals surface area contributed by atoms with Crippen molar-refractivity contribution in [3.8, 4) is 0 Å². The third-order valence-corrected chi connectivity index (χ3v) is 1.73. The topological polar surface area (TPSA) is 40.5 Å². The van der Waals surface area contributed by atoms with Crippen LogP contribution in [0.15, 0.2) is 18.2 Å². The number of benzene rings is 1. The molecule has 2 atom stereocenters. The summed E-state index contributed by atoms with van der Waals surface area (Å²) in [6, 6.07) is 2.73. The van der Waals surface area contributed by atoms with Crippen LogP contribution in [0.25, 0.3) is 0 Å². The Morgan fingerprint density at radius 1 is 1.23 bits per heavy atom. The molecule has 0 heterocycles. The van der Waals surface area contributed by atoms with Crippen LogP contribution in [0, 0.1) is 11.6 Å². The van der Waals surface area contributed by atoms with Crippen LogP contribution in [-0.2, 0) is 0 Å². The lowest BCUT2D eigenvalue weighted by Gasteiger charge is -2.14. The third kappa shape index (κ3) is 2.23. The summed E-state index contributed by atoms with van der Waals surface area (Å²) in [4.78, 5) is 0. The van der Waals surface area contributed by atoms with Crippen LogP contribution in [0.3, 0.4) is 0 Å². The van der Waals surface area contributed by atoms with Gasteiger partial charge in [0.15, 0.2) is 0 Å². The second kappa shape index (κ2) is 3.81. The van der Waals surface area contributed by atoms with E-state index in [0.717, 1.165) is 18.2 Å². The minimum Gasteiger partial charge on any atom is -0.390 e. The van der Waals surface area contributed by atoms with Gasteiger partial charge in [0.1, 0.15) is 17.7 Å². The summed E-state index contributed by atoms with van der Waals surface area (Å²) in [5, 5.41) is 18.2. The van der Waals surface area contributed by atoms with Crippen molar-refractivity contribution in [1.29, 1.82) is 0 Å². The average Bonchev–Trinajstić information content (AvgIpc) is 2.08. The van der Waals surface area contributed by atoms with E-state index in [9.17, 15) is 13.9 Å². The predicted octanol–water partition coefficient (Wildman–Crippen LogP) is 1.38. The van der Waals surface area contributed by atoms with Gasteiger partial charge in [0.25, 0.3) is 0 Å². The quantitative estimate of drug-likeness (QED) is 0.736. The van der Waals surface area contributed by atoms with E-state index < -0.39 is 23.8 Å². The summed E-state index contributed by atoms with van der Waals surface area (Å²) in [6.07, 6.45) is -2.52. The standard InChI is InChI=1S/C9H10F2O2/c1-5(12)9(13)7-4-6(10)2-3-8(7)11/h2-5,9,12-13H,1H3/t5-,9+/m0/s1. The fourth-order valence-corrected chi connectivity index (χ4v) is 1.00. The molecule has 0 saturated heterocycles. The fourth-order valence-electron chi connectivity index (χ4n) is 1.00. The molecule has 1 aromatic rings. The molecular weight excluding hydrogens is 178 g/mol. The zero-order valence-corrected chi connectivity index (χ0v) is 7.04. The molecule has 0 amide bonds. The van der Waals surface area contributed by atoms with Crippen molar-refractivity contribution in [2.45, 2.75) is 19.1 Å². The molecule has 0 aliphatic rings. The molecule has 0 spiro atoms. The van der Waals surface area contributed by atoms with E-state index in [-0.39, 0.29) is 5.56 Å². The van der Waals surface area contributed by atoms with Crippen LogP contribution in [0.2, 0.25) is 0 Å². The van der Waals surface area contributed by atoms with Crippen LogP contribution >= 0.6 is 0 Å². The average molecular weight is 188 g/mol. The molecule has 0 radical (unpaired) electrons. The van der Waals surface area contributed by atoms with E-state index in [1.807, 2.05) is 0 Å². The van der Waals surface area contributed by atoms with Crippen LogP contribution in [0.5, 0.6) is 0 Å². The van der Waals surface area contributed by atoms with Crippen molar-refractivity contribution in [3.63, 3.8) is 0 Å². The normalized spacial score (nSPS) is 15.5. The number of hydrogen-bond acceptors (Lipinski definition) is 2. The Labute approximate surface area is 74.4 Å². The van der Waals surface area contributed by atoms with Crippen molar-refractivity contribution < 1.29 is 19.0 Å². The number of rotatable bonds is 2. The summed E-state index contributed by atoms with van der Waals surface area (Å²) in [5.41, 5.74) is -0.227. The molecule has 0 bridgehead atoms. The first-order valence-corrected chi connectivity index (χ1v) is 3.83. The lowest BCUT2D eigenvalue weighted by molar-refractivity contribution is 0.0281. The summed E-state index contributed by atoms with van der Waals surface area (Å²) < 4.78 is 25.6. The molecule has 72 valence electrons. The fraction of sp³-hybridized carbons (Fsp3) is 0.333. The molecule has 0 aliphatic heterocycles. The van der Waals surface area contributed by atoms with Gasteiger partial charge in [-0.1, -0.05) is 0 Å². The van der Waals surface area contributed by atoms with Crippen molar-refractivity contribution in [2.75, 3.05) is 0 Å². The van der Waals surface area contributed by atoms with Crippen molar-refractivity contribution >= 4 is 0 Å². The van der Waals surface area contributed by atoms with Gasteiger partial charge in [0.2, 0.25) is 0 Å². The van der Waals surface area contributed by atoms with Gasteiger partial charge in [0, 0.05) is 5.56 Å². The number of aliphatic hydroxyl groups excluding tert-OH is 2. The van der Waals surface area contributed by atoms with E-state index in [1.54, 1.807) is 0 Å². The largest absolute Gasteiger partial charge is 0.390 e. The van der Waals surface area contributed by atoms with Crippen molar-refractivity contribution in [1.82, 2.24) is 0 Å². The molecule has 1 rings (SSSR count). The Kier molecular flexibility index (Phi) is 2.95.